The first-order chi connectivity index (χ1) is 9.28. The van der Waals surface area contributed by atoms with Crippen LogP contribution in [0.2, 0.25) is 0 Å². The van der Waals surface area contributed by atoms with E-state index in [1.165, 1.54) is 0 Å². The van der Waals surface area contributed by atoms with E-state index in [-0.39, 0.29) is 12.2 Å². The van der Waals surface area contributed by atoms with E-state index in [0.717, 1.165) is 17.6 Å². The molecule has 1 heterocycles. The number of methoxy groups -OCH3 is 2. The fourth-order valence-corrected chi connectivity index (χ4v) is 2.03. The van der Waals surface area contributed by atoms with Crippen molar-refractivity contribution in [2.45, 2.75) is 24.9 Å². The monoisotopic (exact) mass is 266 g/mol. The molecule has 0 radical (unpaired) electrons. The zero-order valence-corrected chi connectivity index (χ0v) is 11.1. The maximum Gasteiger partial charge on any atom is 0.184 e. The van der Waals surface area contributed by atoms with Crippen LogP contribution in [-0.4, -0.2) is 39.3 Å². The smallest absolute Gasteiger partial charge is 0.184 e. The maximum absolute atomic E-state index is 10.7. The molecular formula is C14H18O5. The summed E-state index contributed by atoms with van der Waals surface area (Å²) in [5.74, 6) is 0.777. The topological polar surface area (TPSA) is 54.0 Å². The number of aldehydes is 1. The summed E-state index contributed by atoms with van der Waals surface area (Å²) in [6.07, 6.45) is 0.187. The Balaban J connectivity index is 2.06. The predicted octanol–water partition coefficient (Wildman–Crippen LogP) is 1.71. The molecule has 19 heavy (non-hydrogen) atoms. The van der Waals surface area contributed by atoms with Gasteiger partial charge < -0.3 is 23.7 Å². The molecule has 0 aliphatic carbocycles. The van der Waals surface area contributed by atoms with Gasteiger partial charge in [0.05, 0.1) is 19.8 Å². The summed E-state index contributed by atoms with van der Waals surface area (Å²) in [4.78, 5) is 10.7. The van der Waals surface area contributed by atoms with Gasteiger partial charge in [-0.1, -0.05) is 12.1 Å². The number of rotatable bonds is 5. The van der Waals surface area contributed by atoms with Crippen molar-refractivity contribution < 1.29 is 23.7 Å². The first-order valence-electron chi connectivity index (χ1n) is 6.16. The van der Waals surface area contributed by atoms with Crippen molar-refractivity contribution in [3.63, 3.8) is 0 Å². The van der Waals surface area contributed by atoms with E-state index < -0.39 is 6.29 Å². The highest BCUT2D eigenvalue weighted by Crippen LogP contribution is 2.29. The number of hydrogen-bond acceptors (Lipinski definition) is 5. The third-order valence-corrected chi connectivity index (χ3v) is 3.14. The van der Waals surface area contributed by atoms with E-state index in [1.807, 2.05) is 24.3 Å². The molecule has 0 saturated carbocycles. The second-order valence-electron chi connectivity index (χ2n) is 4.29. The standard InChI is InChI=1S/C14H18O5/c1-16-11-5-3-10(4-6-11)14-18-9-13(17-2)12(19-14)7-8-15/h3-6,8,12-14H,7,9H2,1-2H3/t12-,13+,14+/m0/s1. The lowest BCUT2D eigenvalue weighted by atomic mass is 10.1. The lowest BCUT2D eigenvalue weighted by Crippen LogP contribution is -2.41. The molecule has 3 atom stereocenters. The number of carbonyl (C=O) groups excluding carboxylic acids is 1. The van der Waals surface area contributed by atoms with Gasteiger partial charge in [-0.3, -0.25) is 0 Å². The summed E-state index contributed by atoms with van der Waals surface area (Å²) in [6.45, 7) is 0.408. The molecule has 104 valence electrons. The average molecular weight is 266 g/mol. The SMILES string of the molecule is COc1ccc([C@@H]2OC[C@@H](OC)[C@H](CC=O)O2)cc1. The van der Waals surface area contributed by atoms with E-state index >= 15 is 0 Å². The predicted molar refractivity (Wildman–Crippen MR) is 68.0 cm³/mol. The summed E-state index contributed by atoms with van der Waals surface area (Å²) < 4.78 is 21.7. The molecular weight excluding hydrogens is 248 g/mol. The lowest BCUT2D eigenvalue weighted by molar-refractivity contribution is -0.260. The van der Waals surface area contributed by atoms with E-state index in [0.29, 0.717) is 13.0 Å². The number of benzene rings is 1. The van der Waals surface area contributed by atoms with E-state index in [4.69, 9.17) is 18.9 Å². The van der Waals surface area contributed by atoms with Crippen molar-refractivity contribution in [1.82, 2.24) is 0 Å². The molecule has 1 aromatic carbocycles. The highest BCUT2D eigenvalue weighted by Gasteiger charge is 2.32. The molecule has 0 bridgehead atoms. The van der Waals surface area contributed by atoms with Crippen LogP contribution in [0.25, 0.3) is 0 Å². The van der Waals surface area contributed by atoms with Crippen LogP contribution in [0.3, 0.4) is 0 Å². The molecule has 1 aliphatic heterocycles. The Kier molecular flexibility index (Phi) is 4.90. The summed E-state index contributed by atoms with van der Waals surface area (Å²) in [5, 5.41) is 0. The summed E-state index contributed by atoms with van der Waals surface area (Å²) >= 11 is 0. The van der Waals surface area contributed by atoms with Gasteiger partial charge in [-0.15, -0.1) is 0 Å². The van der Waals surface area contributed by atoms with Crippen LogP contribution in [0.1, 0.15) is 18.3 Å². The average Bonchev–Trinajstić information content (AvgIpc) is 2.47. The zero-order valence-electron chi connectivity index (χ0n) is 11.1. The Morgan fingerprint density at radius 2 is 2.05 bits per heavy atom. The molecule has 1 aliphatic rings. The Morgan fingerprint density at radius 3 is 2.63 bits per heavy atom. The molecule has 0 unspecified atom stereocenters. The van der Waals surface area contributed by atoms with Crippen molar-refractivity contribution in [1.29, 1.82) is 0 Å². The minimum atomic E-state index is -0.470. The van der Waals surface area contributed by atoms with E-state index in [2.05, 4.69) is 0 Å². The molecule has 2 rings (SSSR count). The third-order valence-electron chi connectivity index (χ3n) is 3.14. The van der Waals surface area contributed by atoms with Crippen molar-refractivity contribution in [3.8, 4) is 5.75 Å². The Morgan fingerprint density at radius 1 is 1.32 bits per heavy atom. The Hall–Kier alpha value is -1.43. The lowest BCUT2D eigenvalue weighted by Gasteiger charge is -2.35. The van der Waals surface area contributed by atoms with Gasteiger partial charge in [0.25, 0.3) is 0 Å². The molecule has 0 aromatic heterocycles. The first-order valence-corrected chi connectivity index (χ1v) is 6.16. The molecule has 1 aromatic rings. The molecule has 0 spiro atoms. The minimum absolute atomic E-state index is 0.209. The molecule has 1 saturated heterocycles. The van der Waals surface area contributed by atoms with Gasteiger partial charge in [0, 0.05) is 19.1 Å². The van der Waals surface area contributed by atoms with Gasteiger partial charge in [0.15, 0.2) is 6.29 Å². The van der Waals surface area contributed by atoms with Gasteiger partial charge in [-0.2, -0.15) is 0 Å². The van der Waals surface area contributed by atoms with Gasteiger partial charge in [0.2, 0.25) is 0 Å². The molecule has 1 fully saturated rings. The molecule has 0 amide bonds. The van der Waals surface area contributed by atoms with Crippen molar-refractivity contribution >= 4 is 6.29 Å². The fourth-order valence-electron chi connectivity index (χ4n) is 2.03. The van der Waals surface area contributed by atoms with E-state index in [9.17, 15) is 4.79 Å². The number of ether oxygens (including phenoxy) is 4. The minimum Gasteiger partial charge on any atom is -0.497 e. The van der Waals surface area contributed by atoms with Gasteiger partial charge >= 0.3 is 0 Å². The molecule has 5 heteroatoms. The number of hydrogen-bond donors (Lipinski definition) is 0. The molecule has 0 N–H and O–H groups in total. The second-order valence-corrected chi connectivity index (χ2v) is 4.29. The van der Waals surface area contributed by atoms with Gasteiger partial charge in [-0.25, -0.2) is 0 Å². The number of carbonyl (C=O) groups is 1. The van der Waals surface area contributed by atoms with E-state index in [1.54, 1.807) is 14.2 Å². The first kappa shape index (κ1) is 14.0. The highest BCUT2D eigenvalue weighted by molar-refractivity contribution is 5.50. The normalized spacial score (nSPS) is 26.9. The summed E-state index contributed by atoms with van der Waals surface area (Å²) in [6, 6.07) is 7.46. The van der Waals surface area contributed by atoms with Crippen molar-refractivity contribution in [2.75, 3.05) is 20.8 Å². The maximum atomic E-state index is 10.7. The van der Waals surface area contributed by atoms with Crippen LogP contribution in [0.4, 0.5) is 0 Å². The van der Waals surface area contributed by atoms with Crippen molar-refractivity contribution in [2.24, 2.45) is 0 Å². The Bertz CT molecular complexity index is 403. The summed E-state index contributed by atoms with van der Waals surface area (Å²) in [7, 11) is 3.20. The largest absolute Gasteiger partial charge is 0.497 e. The van der Waals surface area contributed by atoms with Crippen LogP contribution >= 0.6 is 0 Å². The van der Waals surface area contributed by atoms with Crippen LogP contribution in [0.15, 0.2) is 24.3 Å². The van der Waals surface area contributed by atoms with Crippen molar-refractivity contribution in [3.05, 3.63) is 29.8 Å². The highest BCUT2D eigenvalue weighted by atomic mass is 16.7. The van der Waals surface area contributed by atoms with Crippen LogP contribution in [-0.2, 0) is 19.0 Å². The summed E-state index contributed by atoms with van der Waals surface area (Å²) in [5.41, 5.74) is 0.895. The quantitative estimate of drug-likeness (QED) is 0.759. The third kappa shape index (κ3) is 3.32. The van der Waals surface area contributed by atoms with Crippen LogP contribution in [0, 0.1) is 0 Å². The van der Waals surface area contributed by atoms with Gasteiger partial charge in [0.1, 0.15) is 18.1 Å². The second kappa shape index (κ2) is 6.65. The Labute approximate surface area is 112 Å². The molecule has 5 nitrogen and oxygen atoms in total. The van der Waals surface area contributed by atoms with Crippen LogP contribution < -0.4 is 4.74 Å². The zero-order chi connectivity index (χ0) is 13.7. The van der Waals surface area contributed by atoms with Crippen LogP contribution in [0.5, 0.6) is 5.75 Å². The fraction of sp³-hybridized carbons (Fsp3) is 0.500. The van der Waals surface area contributed by atoms with Gasteiger partial charge in [-0.05, 0) is 12.1 Å².